The van der Waals surface area contributed by atoms with Crippen molar-refractivity contribution in [3.8, 4) is 0 Å². The van der Waals surface area contributed by atoms with E-state index < -0.39 is 6.10 Å². The van der Waals surface area contributed by atoms with Crippen molar-refractivity contribution in [2.45, 2.75) is 129 Å². The molecule has 2 amide bonds. The van der Waals surface area contributed by atoms with Crippen LogP contribution in [0.4, 0.5) is 0 Å². The Balaban J connectivity index is 1.40. The molecule has 4 fully saturated rings. The lowest BCUT2D eigenvalue weighted by Gasteiger charge is -2.56. The zero-order valence-electron chi connectivity index (χ0n) is 21.3. The minimum atomic E-state index is -0.486. The van der Waals surface area contributed by atoms with E-state index in [0.717, 1.165) is 51.4 Å². The summed E-state index contributed by atoms with van der Waals surface area (Å²) in [6.07, 6.45) is 15.0. The van der Waals surface area contributed by atoms with E-state index in [1.54, 1.807) is 0 Å². The Labute approximate surface area is 201 Å². The Bertz CT molecular complexity index is 685. The second-order valence-electron chi connectivity index (χ2n) is 12.4. The fraction of sp³-hybridized carbons (Fsp3) is 0.929. The summed E-state index contributed by atoms with van der Waals surface area (Å²) < 4.78 is 0. The monoisotopic (exact) mass is 460 g/mol. The molecule has 0 bridgehead atoms. The van der Waals surface area contributed by atoms with Crippen molar-refractivity contribution in [3.05, 3.63) is 0 Å². The highest BCUT2D eigenvalue weighted by molar-refractivity contribution is 5.79. The molecule has 7 unspecified atom stereocenters. The number of rotatable bonds is 5. The summed E-state index contributed by atoms with van der Waals surface area (Å²) in [7, 11) is 0. The van der Waals surface area contributed by atoms with Crippen molar-refractivity contribution < 1.29 is 14.7 Å². The quantitative estimate of drug-likeness (QED) is 0.543. The number of amides is 2. The SMILES string of the molecule is CC(C(=O)NC1CCCCC1)C1CCC2(C)CCC(NC(=O)C3CCCCC3)C(C)C2C1O. The first kappa shape index (κ1) is 25.0. The molecule has 4 aliphatic carbocycles. The molecule has 0 saturated heterocycles. The van der Waals surface area contributed by atoms with Crippen molar-refractivity contribution in [3.63, 3.8) is 0 Å². The molecular formula is C28H48N2O3. The second kappa shape index (κ2) is 10.7. The maximum atomic E-state index is 13.1. The van der Waals surface area contributed by atoms with Gasteiger partial charge in [0, 0.05) is 23.9 Å². The maximum Gasteiger partial charge on any atom is 0.223 e. The molecule has 4 aliphatic rings. The lowest BCUT2D eigenvalue weighted by molar-refractivity contribution is -0.145. The van der Waals surface area contributed by atoms with E-state index in [0.29, 0.717) is 6.04 Å². The second-order valence-corrected chi connectivity index (χ2v) is 12.4. The van der Waals surface area contributed by atoms with Crippen LogP contribution >= 0.6 is 0 Å². The molecule has 0 radical (unpaired) electrons. The number of aliphatic hydroxyl groups excluding tert-OH is 1. The summed E-state index contributed by atoms with van der Waals surface area (Å²) in [4.78, 5) is 26.0. The third-order valence-electron chi connectivity index (χ3n) is 10.2. The van der Waals surface area contributed by atoms with Crippen LogP contribution < -0.4 is 10.6 Å². The molecule has 188 valence electrons. The van der Waals surface area contributed by atoms with Crippen LogP contribution in [0, 0.1) is 35.0 Å². The number of hydrogen-bond donors (Lipinski definition) is 3. The molecule has 33 heavy (non-hydrogen) atoms. The van der Waals surface area contributed by atoms with Gasteiger partial charge in [-0.25, -0.2) is 0 Å². The van der Waals surface area contributed by atoms with Gasteiger partial charge in [0.25, 0.3) is 0 Å². The van der Waals surface area contributed by atoms with Gasteiger partial charge in [0.15, 0.2) is 0 Å². The normalized spacial score (nSPS) is 39.3. The first-order valence-corrected chi connectivity index (χ1v) is 14.1. The Hall–Kier alpha value is -1.10. The highest BCUT2D eigenvalue weighted by Crippen LogP contribution is 2.55. The summed E-state index contributed by atoms with van der Waals surface area (Å²) in [5.41, 5.74) is 0.0982. The van der Waals surface area contributed by atoms with Crippen LogP contribution in [-0.2, 0) is 9.59 Å². The zero-order chi connectivity index (χ0) is 23.6. The first-order chi connectivity index (χ1) is 15.8. The molecule has 0 aromatic carbocycles. The van der Waals surface area contributed by atoms with Crippen molar-refractivity contribution in [2.24, 2.45) is 35.0 Å². The molecule has 0 aliphatic heterocycles. The van der Waals surface area contributed by atoms with Gasteiger partial charge >= 0.3 is 0 Å². The maximum absolute atomic E-state index is 13.1. The van der Waals surface area contributed by atoms with Gasteiger partial charge < -0.3 is 15.7 Å². The molecule has 3 N–H and O–H groups in total. The lowest BCUT2D eigenvalue weighted by atomic mass is 9.51. The van der Waals surface area contributed by atoms with E-state index in [4.69, 9.17) is 0 Å². The van der Waals surface area contributed by atoms with E-state index >= 15 is 0 Å². The van der Waals surface area contributed by atoms with Gasteiger partial charge in [-0.1, -0.05) is 59.3 Å². The highest BCUT2D eigenvalue weighted by Gasteiger charge is 2.54. The molecule has 0 aromatic rings. The van der Waals surface area contributed by atoms with Gasteiger partial charge in [-0.05, 0) is 74.5 Å². The van der Waals surface area contributed by atoms with Crippen LogP contribution in [0.5, 0.6) is 0 Å². The van der Waals surface area contributed by atoms with Crippen molar-refractivity contribution in [1.29, 1.82) is 0 Å². The number of hydrogen-bond acceptors (Lipinski definition) is 3. The molecule has 5 heteroatoms. The van der Waals surface area contributed by atoms with Crippen molar-refractivity contribution >= 4 is 11.8 Å². The summed E-state index contributed by atoms with van der Waals surface area (Å²) in [6.45, 7) is 6.58. The van der Waals surface area contributed by atoms with Crippen LogP contribution in [0.1, 0.15) is 111 Å². The first-order valence-electron chi connectivity index (χ1n) is 14.1. The van der Waals surface area contributed by atoms with Gasteiger partial charge in [-0.3, -0.25) is 9.59 Å². The zero-order valence-corrected chi connectivity index (χ0v) is 21.3. The largest absolute Gasteiger partial charge is 0.392 e. The molecule has 4 saturated carbocycles. The number of fused-ring (bicyclic) bond motifs is 1. The molecule has 0 aromatic heterocycles. The van der Waals surface area contributed by atoms with E-state index in [1.807, 2.05) is 6.92 Å². The summed E-state index contributed by atoms with van der Waals surface area (Å²) in [5.74, 6) is 0.719. The van der Waals surface area contributed by atoms with E-state index in [2.05, 4.69) is 24.5 Å². The molecule has 0 spiro atoms. The van der Waals surface area contributed by atoms with Gasteiger partial charge in [0.2, 0.25) is 11.8 Å². The Morgan fingerprint density at radius 2 is 1.48 bits per heavy atom. The fourth-order valence-corrected chi connectivity index (χ4v) is 7.94. The molecule has 5 nitrogen and oxygen atoms in total. The smallest absolute Gasteiger partial charge is 0.223 e. The summed E-state index contributed by atoms with van der Waals surface area (Å²) in [6, 6.07) is 0.449. The summed E-state index contributed by atoms with van der Waals surface area (Å²) >= 11 is 0. The van der Waals surface area contributed by atoms with Crippen molar-refractivity contribution in [1.82, 2.24) is 10.6 Å². The average molecular weight is 461 g/mol. The molecule has 0 heterocycles. The predicted molar refractivity (Wildman–Crippen MR) is 131 cm³/mol. The fourth-order valence-electron chi connectivity index (χ4n) is 7.94. The van der Waals surface area contributed by atoms with E-state index in [9.17, 15) is 14.7 Å². The van der Waals surface area contributed by atoms with Crippen LogP contribution in [0.2, 0.25) is 0 Å². The molecule has 4 rings (SSSR count). The summed E-state index contributed by atoms with van der Waals surface area (Å²) in [5, 5.41) is 18.3. The van der Waals surface area contributed by atoms with Crippen LogP contribution in [0.25, 0.3) is 0 Å². The number of nitrogens with one attached hydrogen (secondary N) is 2. The predicted octanol–water partition coefficient (Wildman–Crippen LogP) is 4.96. The van der Waals surface area contributed by atoms with Crippen LogP contribution in [0.15, 0.2) is 0 Å². The lowest BCUT2D eigenvalue weighted by Crippen LogP contribution is -2.59. The van der Waals surface area contributed by atoms with Crippen LogP contribution in [0.3, 0.4) is 0 Å². The minimum absolute atomic E-state index is 0.00177. The number of carbonyl (C=O) groups is 2. The molecular weight excluding hydrogens is 412 g/mol. The third-order valence-corrected chi connectivity index (χ3v) is 10.2. The van der Waals surface area contributed by atoms with Gasteiger partial charge in [0.05, 0.1) is 6.10 Å². The average Bonchev–Trinajstić information content (AvgIpc) is 2.82. The topological polar surface area (TPSA) is 78.4 Å². The highest BCUT2D eigenvalue weighted by atomic mass is 16.3. The Kier molecular flexibility index (Phi) is 8.08. The minimum Gasteiger partial charge on any atom is -0.392 e. The van der Waals surface area contributed by atoms with Gasteiger partial charge in [0.1, 0.15) is 0 Å². The van der Waals surface area contributed by atoms with E-state index in [1.165, 1.54) is 38.5 Å². The Morgan fingerprint density at radius 3 is 2.15 bits per heavy atom. The molecule has 7 atom stereocenters. The standard InChI is InChI=1S/C28H48N2O3/c1-18(26(32)29-21-12-8-5-9-13-21)22-14-16-28(3)17-15-23(19(2)24(28)25(22)31)30-27(33)20-10-6-4-7-11-20/h18-25,31H,4-17H2,1-3H3,(H,29,32)(H,30,33). The van der Waals surface area contributed by atoms with Crippen molar-refractivity contribution in [2.75, 3.05) is 0 Å². The number of aliphatic hydroxyl groups is 1. The van der Waals surface area contributed by atoms with Crippen LogP contribution in [-0.4, -0.2) is 35.1 Å². The van der Waals surface area contributed by atoms with Gasteiger partial charge in [-0.15, -0.1) is 0 Å². The van der Waals surface area contributed by atoms with Gasteiger partial charge in [-0.2, -0.15) is 0 Å². The Morgan fingerprint density at radius 1 is 0.879 bits per heavy atom. The number of carbonyl (C=O) groups excluding carboxylic acids is 2. The van der Waals surface area contributed by atoms with E-state index in [-0.39, 0.29) is 52.9 Å². The third kappa shape index (κ3) is 5.44.